The zero-order chi connectivity index (χ0) is 16.0. The molecule has 1 amide bonds. The molecule has 2 N–H and O–H groups in total. The van der Waals surface area contributed by atoms with Crippen molar-refractivity contribution in [3.05, 3.63) is 18.2 Å². The van der Waals surface area contributed by atoms with Crippen LogP contribution in [0.4, 0.5) is 11.4 Å². The highest BCUT2D eigenvalue weighted by Gasteiger charge is 2.15. The topological polar surface area (TPSA) is 84.5 Å². The molecule has 0 aliphatic heterocycles. The van der Waals surface area contributed by atoms with Crippen LogP contribution in [-0.4, -0.2) is 39.0 Å². The van der Waals surface area contributed by atoms with Gasteiger partial charge in [-0.2, -0.15) is 0 Å². The first-order valence-corrected chi connectivity index (χ1v) is 8.52. The molecule has 0 heterocycles. The Balaban J connectivity index is 2.91. The summed E-state index contributed by atoms with van der Waals surface area (Å²) in [7, 11) is -1.53. The molecule has 6 nitrogen and oxygen atoms in total. The van der Waals surface area contributed by atoms with E-state index in [0.29, 0.717) is 17.1 Å². The van der Waals surface area contributed by atoms with Gasteiger partial charge in [0.1, 0.15) is 5.75 Å². The van der Waals surface area contributed by atoms with Crippen molar-refractivity contribution in [1.29, 1.82) is 0 Å². The third kappa shape index (κ3) is 5.63. The van der Waals surface area contributed by atoms with Crippen LogP contribution in [-0.2, 0) is 14.6 Å². The summed E-state index contributed by atoms with van der Waals surface area (Å²) >= 11 is 0. The summed E-state index contributed by atoms with van der Waals surface area (Å²) in [5.74, 6) is 0.566. The molecule has 1 rings (SSSR count). The minimum atomic E-state index is -3.06. The summed E-state index contributed by atoms with van der Waals surface area (Å²) in [6, 6.07) is 4.89. The Labute approximate surface area is 125 Å². The maximum Gasteiger partial charge on any atom is 0.221 e. The molecule has 7 heteroatoms. The van der Waals surface area contributed by atoms with E-state index in [1.54, 1.807) is 32.0 Å². The van der Waals surface area contributed by atoms with Gasteiger partial charge in [0.05, 0.1) is 18.6 Å². The molecule has 0 aromatic heterocycles. The fourth-order valence-electron chi connectivity index (χ4n) is 1.91. The molecule has 0 aliphatic rings. The Morgan fingerprint density at radius 1 is 1.38 bits per heavy atom. The summed E-state index contributed by atoms with van der Waals surface area (Å²) in [6.45, 7) is 4.84. The molecule has 0 fully saturated rings. The maximum absolute atomic E-state index is 11.6. The first kappa shape index (κ1) is 17.3. The van der Waals surface area contributed by atoms with Crippen LogP contribution in [0.2, 0.25) is 0 Å². The van der Waals surface area contributed by atoms with E-state index in [9.17, 15) is 13.2 Å². The monoisotopic (exact) mass is 314 g/mol. The van der Waals surface area contributed by atoms with Crippen LogP contribution in [0.25, 0.3) is 0 Å². The van der Waals surface area contributed by atoms with Crippen molar-refractivity contribution in [3.63, 3.8) is 0 Å². The van der Waals surface area contributed by atoms with E-state index in [2.05, 4.69) is 10.6 Å². The number of rotatable bonds is 7. The second-order valence-electron chi connectivity index (χ2n) is 4.84. The fraction of sp³-hybridized carbons (Fsp3) is 0.500. The summed E-state index contributed by atoms with van der Waals surface area (Å²) in [6.07, 6.45) is 0. The molecule has 0 saturated heterocycles. The number of carbonyl (C=O) groups excluding carboxylic acids is 1. The predicted octanol–water partition coefficient (Wildman–Crippen LogP) is 1.89. The lowest BCUT2D eigenvalue weighted by atomic mass is 10.2. The van der Waals surface area contributed by atoms with Gasteiger partial charge in [-0.25, -0.2) is 8.42 Å². The summed E-state index contributed by atoms with van der Waals surface area (Å²) in [4.78, 5) is 11.1. The average Bonchev–Trinajstić information content (AvgIpc) is 2.37. The molecule has 0 saturated carbocycles. The zero-order valence-electron chi connectivity index (χ0n) is 12.8. The summed E-state index contributed by atoms with van der Waals surface area (Å²) < 4.78 is 28.5. The number of ether oxygens (including phenoxy) is 1. The summed E-state index contributed by atoms with van der Waals surface area (Å²) in [5.41, 5.74) is 1.26. The molecular formula is C14H22N2O4S. The third-order valence-electron chi connectivity index (χ3n) is 2.87. The largest absolute Gasteiger partial charge is 0.495 e. The molecule has 0 aliphatic carbocycles. The van der Waals surface area contributed by atoms with E-state index in [0.717, 1.165) is 0 Å². The first-order valence-electron chi connectivity index (χ1n) is 6.70. The van der Waals surface area contributed by atoms with Gasteiger partial charge in [-0.05, 0) is 25.1 Å². The van der Waals surface area contributed by atoms with Crippen molar-refractivity contribution in [2.45, 2.75) is 26.8 Å². The van der Waals surface area contributed by atoms with Crippen molar-refractivity contribution in [2.75, 3.05) is 29.2 Å². The molecule has 118 valence electrons. The minimum absolute atomic E-state index is 0.0387. The average molecular weight is 314 g/mol. The molecule has 0 spiro atoms. The Morgan fingerprint density at radius 3 is 2.57 bits per heavy atom. The number of hydrogen-bond acceptors (Lipinski definition) is 5. The highest BCUT2D eigenvalue weighted by atomic mass is 32.2. The van der Waals surface area contributed by atoms with Crippen LogP contribution in [0.3, 0.4) is 0 Å². The van der Waals surface area contributed by atoms with Gasteiger partial charge in [0.15, 0.2) is 9.84 Å². The fourth-order valence-corrected chi connectivity index (χ4v) is 2.99. The van der Waals surface area contributed by atoms with Gasteiger partial charge >= 0.3 is 0 Å². The van der Waals surface area contributed by atoms with E-state index in [4.69, 9.17) is 4.74 Å². The van der Waals surface area contributed by atoms with Crippen LogP contribution in [0.1, 0.15) is 20.8 Å². The number of amides is 1. The van der Waals surface area contributed by atoms with Crippen molar-refractivity contribution < 1.29 is 17.9 Å². The van der Waals surface area contributed by atoms with Gasteiger partial charge in [0, 0.05) is 24.4 Å². The predicted molar refractivity (Wildman–Crippen MR) is 84.7 cm³/mol. The van der Waals surface area contributed by atoms with E-state index in [-0.39, 0.29) is 23.5 Å². The van der Waals surface area contributed by atoms with Crippen LogP contribution >= 0.6 is 0 Å². The van der Waals surface area contributed by atoms with Crippen molar-refractivity contribution in [1.82, 2.24) is 0 Å². The Hall–Kier alpha value is -1.76. The molecule has 1 unspecified atom stereocenters. The number of methoxy groups -OCH3 is 1. The highest BCUT2D eigenvalue weighted by Crippen LogP contribution is 2.28. The number of sulfone groups is 1. The Morgan fingerprint density at radius 2 is 2.05 bits per heavy atom. The molecule has 21 heavy (non-hydrogen) atoms. The standard InChI is InChI=1S/C14H22N2O4S/c1-5-21(18,19)9-10(2)15-13-8-12(16-11(3)17)6-7-14(13)20-4/h6-8,10,15H,5,9H2,1-4H3,(H,16,17). The molecule has 0 bridgehead atoms. The van der Waals surface area contributed by atoms with Crippen molar-refractivity contribution in [3.8, 4) is 5.75 Å². The van der Waals surface area contributed by atoms with Crippen LogP contribution in [0.15, 0.2) is 18.2 Å². The lowest BCUT2D eigenvalue weighted by Crippen LogP contribution is -2.27. The van der Waals surface area contributed by atoms with Gasteiger partial charge in [-0.1, -0.05) is 6.92 Å². The molecule has 1 atom stereocenters. The maximum atomic E-state index is 11.6. The van der Waals surface area contributed by atoms with E-state index >= 15 is 0 Å². The third-order valence-corrected chi connectivity index (χ3v) is 4.75. The van der Waals surface area contributed by atoms with Crippen molar-refractivity contribution >= 4 is 27.1 Å². The Kier molecular flexibility index (Phi) is 6.02. The van der Waals surface area contributed by atoms with E-state index in [1.165, 1.54) is 14.0 Å². The first-order chi connectivity index (χ1) is 9.77. The second kappa shape index (κ2) is 7.31. The zero-order valence-corrected chi connectivity index (χ0v) is 13.6. The van der Waals surface area contributed by atoms with Gasteiger partial charge < -0.3 is 15.4 Å². The van der Waals surface area contributed by atoms with Crippen LogP contribution in [0, 0.1) is 0 Å². The van der Waals surface area contributed by atoms with Crippen LogP contribution in [0.5, 0.6) is 5.75 Å². The molecular weight excluding hydrogens is 292 g/mol. The lowest BCUT2D eigenvalue weighted by molar-refractivity contribution is -0.114. The summed E-state index contributed by atoms with van der Waals surface area (Å²) in [5, 5.41) is 5.79. The number of carbonyl (C=O) groups is 1. The van der Waals surface area contributed by atoms with Gasteiger partial charge in [0.25, 0.3) is 0 Å². The second-order valence-corrected chi connectivity index (χ2v) is 7.24. The van der Waals surface area contributed by atoms with Gasteiger partial charge in [-0.3, -0.25) is 4.79 Å². The van der Waals surface area contributed by atoms with E-state index in [1.807, 2.05) is 0 Å². The van der Waals surface area contributed by atoms with E-state index < -0.39 is 9.84 Å². The number of benzene rings is 1. The lowest BCUT2D eigenvalue weighted by Gasteiger charge is -2.18. The van der Waals surface area contributed by atoms with Gasteiger partial charge in [0.2, 0.25) is 5.91 Å². The van der Waals surface area contributed by atoms with Crippen molar-refractivity contribution in [2.24, 2.45) is 0 Å². The normalized spacial score (nSPS) is 12.6. The number of hydrogen-bond donors (Lipinski definition) is 2. The number of anilines is 2. The Bertz CT molecular complexity index is 599. The quantitative estimate of drug-likeness (QED) is 0.803. The SMILES string of the molecule is CCS(=O)(=O)CC(C)Nc1cc(NC(C)=O)ccc1OC. The van der Waals surface area contributed by atoms with Crippen LogP contribution < -0.4 is 15.4 Å². The minimum Gasteiger partial charge on any atom is -0.495 e. The number of nitrogens with one attached hydrogen (secondary N) is 2. The smallest absolute Gasteiger partial charge is 0.221 e. The highest BCUT2D eigenvalue weighted by molar-refractivity contribution is 7.91. The molecule has 0 radical (unpaired) electrons. The molecule has 1 aromatic rings. The van der Waals surface area contributed by atoms with Gasteiger partial charge in [-0.15, -0.1) is 0 Å². The molecule has 1 aromatic carbocycles.